The molecule has 15 heavy (non-hydrogen) atoms. The lowest BCUT2D eigenvalue weighted by Crippen LogP contribution is -1.69. The molecule has 0 saturated heterocycles. The third-order valence-corrected chi connectivity index (χ3v) is 1.87. The molecule has 0 aromatic rings. The standard InChI is InChI=1S/C15H24/c1-14(2)12-10-8-6-5-7-9-11-13-15(3)4/h8-13H,5-7H2,1-4H3/b10-8+,11-9+. The largest absolute Gasteiger partial charge is 0.0845 e. The van der Waals surface area contributed by atoms with Crippen LogP contribution < -0.4 is 0 Å². The second kappa shape index (κ2) is 9.51. The Morgan fingerprint density at radius 2 is 1.13 bits per heavy atom. The molecule has 0 unspecified atom stereocenters. The number of hydrogen-bond donors (Lipinski definition) is 0. The van der Waals surface area contributed by atoms with Crippen molar-refractivity contribution < 1.29 is 0 Å². The van der Waals surface area contributed by atoms with Crippen LogP contribution in [0.15, 0.2) is 47.6 Å². The fraction of sp³-hybridized carbons (Fsp3) is 0.467. The second-order valence-corrected chi connectivity index (χ2v) is 4.28. The monoisotopic (exact) mass is 204 g/mol. The molecule has 0 aliphatic heterocycles. The molecular formula is C15H24. The first-order valence-electron chi connectivity index (χ1n) is 5.73. The molecular weight excluding hydrogens is 180 g/mol. The summed E-state index contributed by atoms with van der Waals surface area (Å²) in [6, 6.07) is 0. The number of hydrogen-bond acceptors (Lipinski definition) is 0. The number of unbranched alkanes of at least 4 members (excludes halogenated alkanes) is 2. The molecule has 0 heterocycles. The lowest BCUT2D eigenvalue weighted by atomic mass is 10.2. The van der Waals surface area contributed by atoms with Gasteiger partial charge in [0.25, 0.3) is 0 Å². The van der Waals surface area contributed by atoms with Crippen LogP contribution in [0, 0.1) is 0 Å². The van der Waals surface area contributed by atoms with Crippen LogP contribution in [0.1, 0.15) is 47.0 Å². The predicted molar refractivity (Wildman–Crippen MR) is 71.0 cm³/mol. The molecule has 0 aromatic carbocycles. The van der Waals surface area contributed by atoms with Crippen LogP contribution in [0.25, 0.3) is 0 Å². The highest BCUT2D eigenvalue weighted by Crippen LogP contribution is 2.00. The summed E-state index contributed by atoms with van der Waals surface area (Å²) in [5, 5.41) is 0. The Morgan fingerprint density at radius 1 is 0.733 bits per heavy atom. The van der Waals surface area contributed by atoms with Crippen molar-refractivity contribution in [2.75, 3.05) is 0 Å². The predicted octanol–water partition coefficient (Wildman–Crippen LogP) is 5.20. The van der Waals surface area contributed by atoms with Crippen LogP contribution in [0.2, 0.25) is 0 Å². The Labute approximate surface area is 95.1 Å². The third-order valence-electron chi connectivity index (χ3n) is 1.87. The van der Waals surface area contributed by atoms with Crippen LogP contribution in [-0.4, -0.2) is 0 Å². The molecule has 84 valence electrons. The van der Waals surface area contributed by atoms with E-state index in [4.69, 9.17) is 0 Å². The van der Waals surface area contributed by atoms with Gasteiger partial charge in [-0.05, 0) is 47.0 Å². The minimum Gasteiger partial charge on any atom is -0.0845 e. The van der Waals surface area contributed by atoms with Gasteiger partial charge in [-0.15, -0.1) is 0 Å². The Hall–Kier alpha value is -1.04. The summed E-state index contributed by atoms with van der Waals surface area (Å²) in [6.45, 7) is 8.47. The zero-order valence-corrected chi connectivity index (χ0v) is 10.6. The normalized spacial score (nSPS) is 10.9. The van der Waals surface area contributed by atoms with E-state index in [1.165, 1.54) is 30.4 Å². The Morgan fingerprint density at radius 3 is 1.47 bits per heavy atom. The molecule has 0 nitrogen and oxygen atoms in total. The van der Waals surface area contributed by atoms with Gasteiger partial charge in [-0.25, -0.2) is 0 Å². The molecule has 0 aliphatic carbocycles. The van der Waals surface area contributed by atoms with E-state index in [2.05, 4.69) is 64.2 Å². The summed E-state index contributed by atoms with van der Waals surface area (Å²) in [5.74, 6) is 0. The van der Waals surface area contributed by atoms with Crippen LogP contribution in [0.4, 0.5) is 0 Å². The summed E-state index contributed by atoms with van der Waals surface area (Å²) in [4.78, 5) is 0. The van der Waals surface area contributed by atoms with E-state index in [1.54, 1.807) is 0 Å². The average molecular weight is 204 g/mol. The summed E-state index contributed by atoms with van der Waals surface area (Å²) in [6.07, 6.45) is 16.7. The van der Waals surface area contributed by atoms with Gasteiger partial charge in [0.05, 0.1) is 0 Å². The zero-order chi connectivity index (χ0) is 11.5. The summed E-state index contributed by atoms with van der Waals surface area (Å²) in [7, 11) is 0. The van der Waals surface area contributed by atoms with Gasteiger partial charge in [-0.3, -0.25) is 0 Å². The van der Waals surface area contributed by atoms with E-state index in [9.17, 15) is 0 Å². The van der Waals surface area contributed by atoms with E-state index >= 15 is 0 Å². The SMILES string of the molecule is CC(C)=C/C=C/CCC/C=C/C=C(C)C. The van der Waals surface area contributed by atoms with Crippen molar-refractivity contribution >= 4 is 0 Å². The van der Waals surface area contributed by atoms with Gasteiger partial charge in [0, 0.05) is 0 Å². The first-order chi connectivity index (χ1) is 7.13. The molecule has 0 atom stereocenters. The van der Waals surface area contributed by atoms with E-state index in [-0.39, 0.29) is 0 Å². The van der Waals surface area contributed by atoms with Gasteiger partial charge in [0.15, 0.2) is 0 Å². The number of rotatable bonds is 6. The molecule has 0 N–H and O–H groups in total. The van der Waals surface area contributed by atoms with Crippen LogP contribution >= 0.6 is 0 Å². The van der Waals surface area contributed by atoms with Gasteiger partial charge < -0.3 is 0 Å². The molecule has 0 heteroatoms. The molecule has 0 saturated carbocycles. The molecule has 0 amide bonds. The second-order valence-electron chi connectivity index (χ2n) is 4.28. The van der Waals surface area contributed by atoms with Crippen molar-refractivity contribution in [1.82, 2.24) is 0 Å². The van der Waals surface area contributed by atoms with E-state index < -0.39 is 0 Å². The molecule has 0 radical (unpaired) electrons. The van der Waals surface area contributed by atoms with Crippen molar-refractivity contribution in [1.29, 1.82) is 0 Å². The fourth-order valence-electron chi connectivity index (χ4n) is 1.07. The zero-order valence-electron chi connectivity index (χ0n) is 10.6. The minimum atomic E-state index is 1.17. The van der Waals surface area contributed by atoms with Crippen LogP contribution in [0.5, 0.6) is 0 Å². The first kappa shape index (κ1) is 14.0. The maximum atomic E-state index is 2.24. The van der Waals surface area contributed by atoms with Gasteiger partial charge in [0.1, 0.15) is 0 Å². The van der Waals surface area contributed by atoms with Gasteiger partial charge in [0.2, 0.25) is 0 Å². The molecule has 0 aliphatic rings. The van der Waals surface area contributed by atoms with Gasteiger partial charge in [-0.1, -0.05) is 47.6 Å². The summed E-state index contributed by atoms with van der Waals surface area (Å²) in [5.41, 5.74) is 2.71. The van der Waals surface area contributed by atoms with Crippen molar-refractivity contribution in [3.8, 4) is 0 Å². The Kier molecular flexibility index (Phi) is 8.85. The minimum absolute atomic E-state index is 1.17. The van der Waals surface area contributed by atoms with Crippen molar-refractivity contribution in [2.24, 2.45) is 0 Å². The number of allylic oxidation sites excluding steroid dienone is 8. The smallest absolute Gasteiger partial charge is 0.0345 e. The quantitative estimate of drug-likeness (QED) is 0.412. The van der Waals surface area contributed by atoms with Gasteiger partial charge in [-0.2, -0.15) is 0 Å². The van der Waals surface area contributed by atoms with E-state index in [1.807, 2.05) is 0 Å². The Bertz CT molecular complexity index is 226. The maximum Gasteiger partial charge on any atom is -0.0345 e. The van der Waals surface area contributed by atoms with Crippen molar-refractivity contribution in [3.05, 3.63) is 47.6 Å². The van der Waals surface area contributed by atoms with Crippen LogP contribution in [0.3, 0.4) is 0 Å². The lowest BCUT2D eigenvalue weighted by molar-refractivity contribution is 0.868. The average Bonchev–Trinajstić information content (AvgIpc) is 2.14. The Balaban J connectivity index is 3.48. The highest BCUT2D eigenvalue weighted by Gasteiger charge is 1.79. The van der Waals surface area contributed by atoms with E-state index in [0.29, 0.717) is 0 Å². The lowest BCUT2D eigenvalue weighted by Gasteiger charge is -1.89. The van der Waals surface area contributed by atoms with Crippen molar-refractivity contribution in [2.45, 2.75) is 47.0 Å². The van der Waals surface area contributed by atoms with Crippen molar-refractivity contribution in [3.63, 3.8) is 0 Å². The molecule has 0 aromatic heterocycles. The molecule has 0 spiro atoms. The third kappa shape index (κ3) is 13.0. The highest BCUT2D eigenvalue weighted by atomic mass is 13.9. The highest BCUT2D eigenvalue weighted by molar-refractivity contribution is 5.09. The maximum absolute atomic E-state index is 2.24. The van der Waals surface area contributed by atoms with Gasteiger partial charge >= 0.3 is 0 Å². The molecule has 0 bridgehead atoms. The first-order valence-corrected chi connectivity index (χ1v) is 5.73. The fourth-order valence-corrected chi connectivity index (χ4v) is 1.07. The van der Waals surface area contributed by atoms with Crippen LogP contribution in [-0.2, 0) is 0 Å². The summed E-state index contributed by atoms with van der Waals surface area (Å²) >= 11 is 0. The van der Waals surface area contributed by atoms with E-state index in [0.717, 1.165) is 0 Å². The molecule has 0 rings (SSSR count). The summed E-state index contributed by atoms with van der Waals surface area (Å²) < 4.78 is 0. The molecule has 0 fully saturated rings. The topological polar surface area (TPSA) is 0 Å².